The van der Waals surface area contributed by atoms with Gasteiger partial charge < -0.3 is 10.1 Å². The summed E-state index contributed by atoms with van der Waals surface area (Å²) in [7, 11) is 0. The number of nitrogens with one attached hydrogen (secondary N) is 3. The van der Waals surface area contributed by atoms with Crippen LogP contribution in [0.15, 0.2) is 6.20 Å². The normalized spacial score (nSPS) is 17.9. The third-order valence-corrected chi connectivity index (χ3v) is 2.86. The first-order valence-corrected chi connectivity index (χ1v) is 7.21. The Kier molecular flexibility index (Phi) is 4.81. The molecule has 1 fully saturated rings. The van der Waals surface area contributed by atoms with Gasteiger partial charge in [-0.2, -0.15) is 5.43 Å². The molecule has 1 aliphatic heterocycles. The van der Waals surface area contributed by atoms with Crippen LogP contribution < -0.4 is 16.1 Å². The fraction of sp³-hybridized carbons (Fsp3) is 0.538. The topological polar surface area (TPSA) is 144 Å². The van der Waals surface area contributed by atoms with Gasteiger partial charge in [0.05, 0.1) is 6.20 Å². The maximum Gasteiger partial charge on any atom is 0.429 e. The second-order valence-corrected chi connectivity index (χ2v) is 6.11. The molecule has 0 bridgehead atoms. The largest absolute Gasteiger partial charge is 0.443 e. The van der Waals surface area contributed by atoms with Crippen molar-refractivity contribution < 1.29 is 23.9 Å². The van der Waals surface area contributed by atoms with Gasteiger partial charge in [-0.25, -0.2) is 4.79 Å². The molecule has 2 rings (SSSR count). The number of amides is 4. The summed E-state index contributed by atoms with van der Waals surface area (Å²) < 4.78 is 5.02. The zero-order chi connectivity index (χ0) is 17.9. The number of imide groups is 1. The van der Waals surface area contributed by atoms with Gasteiger partial charge in [0.2, 0.25) is 11.8 Å². The Hall–Kier alpha value is -2.98. The van der Waals surface area contributed by atoms with Gasteiger partial charge >= 0.3 is 6.09 Å². The van der Waals surface area contributed by atoms with E-state index in [1.54, 1.807) is 20.8 Å². The summed E-state index contributed by atoms with van der Waals surface area (Å²) in [6.45, 7) is 5.09. The summed E-state index contributed by atoms with van der Waals surface area (Å²) in [5.74, 6) is -1.60. The first-order valence-electron chi connectivity index (χ1n) is 7.21. The monoisotopic (exact) mass is 338 g/mol. The first kappa shape index (κ1) is 17.4. The fourth-order valence-corrected chi connectivity index (χ4v) is 1.87. The van der Waals surface area contributed by atoms with E-state index in [-0.39, 0.29) is 24.4 Å². The Bertz CT molecular complexity index is 677. The lowest BCUT2D eigenvalue weighted by molar-refractivity contribution is -0.134. The van der Waals surface area contributed by atoms with Gasteiger partial charge in [-0.05, 0) is 27.2 Å². The molecule has 0 aromatic carbocycles. The quantitative estimate of drug-likeness (QED) is 0.617. The van der Waals surface area contributed by atoms with Gasteiger partial charge in [-0.3, -0.25) is 19.7 Å². The molecule has 2 heterocycles. The molecule has 1 unspecified atom stereocenters. The van der Waals surface area contributed by atoms with E-state index in [1.807, 2.05) is 0 Å². The summed E-state index contributed by atoms with van der Waals surface area (Å²) in [4.78, 5) is 47.0. The Morgan fingerprint density at radius 2 is 2.08 bits per heavy atom. The predicted octanol–water partition coefficient (Wildman–Crippen LogP) is -0.708. The number of aromatic nitrogens is 3. The molecule has 11 heteroatoms. The van der Waals surface area contributed by atoms with Crippen LogP contribution in [0.1, 0.15) is 44.1 Å². The third-order valence-electron chi connectivity index (χ3n) is 2.86. The number of ether oxygens (including phenoxy) is 1. The molecule has 1 aromatic rings. The van der Waals surface area contributed by atoms with E-state index in [0.717, 1.165) is 11.1 Å². The summed E-state index contributed by atoms with van der Waals surface area (Å²) in [5, 5.41) is 12.1. The summed E-state index contributed by atoms with van der Waals surface area (Å²) in [6, 6.07) is -0.820. The van der Waals surface area contributed by atoms with Crippen molar-refractivity contribution in [2.45, 2.75) is 45.3 Å². The van der Waals surface area contributed by atoms with Crippen molar-refractivity contribution in [2.24, 2.45) is 0 Å². The Morgan fingerprint density at radius 1 is 1.38 bits per heavy atom. The van der Waals surface area contributed by atoms with Gasteiger partial charge in [0.25, 0.3) is 5.91 Å². The maximum atomic E-state index is 12.0. The molecule has 3 N–H and O–H groups in total. The molecule has 1 atom stereocenters. The van der Waals surface area contributed by atoms with Gasteiger partial charge in [0.1, 0.15) is 11.6 Å². The lowest BCUT2D eigenvalue weighted by Crippen LogP contribution is -2.52. The SMILES string of the molecule is CC(C)(C)OC(=O)Nn1ncc(C(=O)NC2CCC(=O)NC2=O)n1. The molecule has 1 aromatic heterocycles. The molecule has 0 aliphatic carbocycles. The van der Waals surface area contributed by atoms with Gasteiger partial charge in [-0.1, -0.05) is 4.91 Å². The molecule has 130 valence electrons. The van der Waals surface area contributed by atoms with Crippen molar-refractivity contribution in [3.63, 3.8) is 0 Å². The molecular formula is C13H18N6O5. The highest BCUT2D eigenvalue weighted by atomic mass is 16.6. The first-order chi connectivity index (χ1) is 11.1. The number of hydrogen-bond acceptors (Lipinski definition) is 7. The highest BCUT2D eigenvalue weighted by Crippen LogP contribution is 2.07. The fourth-order valence-electron chi connectivity index (χ4n) is 1.87. The van der Waals surface area contributed by atoms with Crippen molar-refractivity contribution in [1.82, 2.24) is 25.7 Å². The molecule has 1 aliphatic rings. The van der Waals surface area contributed by atoms with E-state index in [9.17, 15) is 19.2 Å². The molecule has 0 saturated carbocycles. The minimum absolute atomic E-state index is 0.101. The molecule has 11 nitrogen and oxygen atoms in total. The van der Waals surface area contributed by atoms with Crippen LogP contribution in [0.25, 0.3) is 0 Å². The Balaban J connectivity index is 1.92. The van der Waals surface area contributed by atoms with Crippen LogP contribution in [-0.2, 0) is 14.3 Å². The van der Waals surface area contributed by atoms with Gasteiger partial charge in [0, 0.05) is 6.42 Å². The average molecular weight is 338 g/mol. The number of nitrogens with zero attached hydrogens (tertiary/aromatic N) is 3. The van der Waals surface area contributed by atoms with Crippen LogP contribution in [0.5, 0.6) is 0 Å². The zero-order valence-corrected chi connectivity index (χ0v) is 13.5. The minimum atomic E-state index is -0.820. The highest BCUT2D eigenvalue weighted by molar-refractivity contribution is 6.03. The number of carbonyl (C=O) groups is 4. The lowest BCUT2D eigenvalue weighted by Gasteiger charge is -2.21. The van der Waals surface area contributed by atoms with Gasteiger partial charge in [0.15, 0.2) is 5.69 Å². The predicted molar refractivity (Wildman–Crippen MR) is 79.3 cm³/mol. The average Bonchev–Trinajstić information content (AvgIpc) is 2.88. The van der Waals surface area contributed by atoms with Crippen LogP contribution in [-0.4, -0.2) is 50.6 Å². The van der Waals surface area contributed by atoms with Crippen molar-refractivity contribution in [2.75, 3.05) is 5.43 Å². The number of piperidine rings is 1. The second-order valence-electron chi connectivity index (χ2n) is 6.11. The van der Waals surface area contributed by atoms with Crippen molar-refractivity contribution in [3.8, 4) is 0 Å². The smallest absolute Gasteiger partial charge is 0.429 e. The lowest BCUT2D eigenvalue weighted by atomic mass is 10.1. The van der Waals surface area contributed by atoms with E-state index in [2.05, 4.69) is 26.3 Å². The standard InChI is InChI=1S/C13H18N6O5/c1-13(2,3)24-12(23)18-19-14-6-8(17-19)11(22)15-7-4-5-9(20)16-10(7)21/h6-7H,4-5H2,1-3H3,(H,15,22)(H,18,23)(H,16,20,21). The van der Waals surface area contributed by atoms with E-state index in [4.69, 9.17) is 4.74 Å². The van der Waals surface area contributed by atoms with Crippen molar-refractivity contribution >= 4 is 23.8 Å². The van der Waals surface area contributed by atoms with Crippen LogP contribution >= 0.6 is 0 Å². The molecular weight excluding hydrogens is 320 g/mol. The summed E-state index contributed by atoms with van der Waals surface area (Å²) in [5.41, 5.74) is 1.43. The van der Waals surface area contributed by atoms with E-state index in [1.165, 1.54) is 0 Å². The molecule has 4 amide bonds. The van der Waals surface area contributed by atoms with Gasteiger partial charge in [-0.15, -0.1) is 10.2 Å². The van der Waals surface area contributed by atoms with Crippen LogP contribution in [0.3, 0.4) is 0 Å². The number of rotatable bonds is 3. The number of hydrogen-bond donors (Lipinski definition) is 3. The zero-order valence-electron chi connectivity index (χ0n) is 13.5. The van der Waals surface area contributed by atoms with Crippen LogP contribution in [0.2, 0.25) is 0 Å². The van der Waals surface area contributed by atoms with E-state index >= 15 is 0 Å². The number of carbonyl (C=O) groups excluding carboxylic acids is 4. The molecule has 24 heavy (non-hydrogen) atoms. The highest BCUT2D eigenvalue weighted by Gasteiger charge is 2.28. The second kappa shape index (κ2) is 6.64. The third kappa shape index (κ3) is 4.76. The Morgan fingerprint density at radius 3 is 2.71 bits per heavy atom. The van der Waals surface area contributed by atoms with Crippen molar-refractivity contribution in [1.29, 1.82) is 0 Å². The summed E-state index contributed by atoms with van der Waals surface area (Å²) in [6.07, 6.45) is 0.693. The minimum Gasteiger partial charge on any atom is -0.443 e. The molecule has 1 saturated heterocycles. The molecule has 0 spiro atoms. The molecule has 0 radical (unpaired) electrons. The van der Waals surface area contributed by atoms with Crippen LogP contribution in [0, 0.1) is 0 Å². The summed E-state index contributed by atoms with van der Waals surface area (Å²) >= 11 is 0. The Labute approximate surface area is 137 Å². The van der Waals surface area contributed by atoms with E-state index < -0.39 is 29.6 Å². The van der Waals surface area contributed by atoms with Crippen molar-refractivity contribution in [3.05, 3.63) is 11.9 Å². The van der Waals surface area contributed by atoms with Crippen LogP contribution in [0.4, 0.5) is 4.79 Å². The maximum absolute atomic E-state index is 12.0. The van der Waals surface area contributed by atoms with E-state index in [0.29, 0.717) is 0 Å².